The monoisotopic (exact) mass is 351 g/mol. The Labute approximate surface area is 134 Å². The SMILES string of the molecule is CCNC(c1ccc(OCC)cc1Br)c1cc(C)oc1C. The number of ether oxygens (including phenoxy) is 1. The quantitative estimate of drug-likeness (QED) is 0.814. The lowest BCUT2D eigenvalue weighted by Gasteiger charge is -2.20. The van der Waals surface area contributed by atoms with Crippen molar-refractivity contribution in [1.29, 1.82) is 0 Å². The second-order valence-electron chi connectivity index (χ2n) is 4.98. The summed E-state index contributed by atoms with van der Waals surface area (Å²) in [6.45, 7) is 9.64. The minimum Gasteiger partial charge on any atom is -0.494 e. The summed E-state index contributed by atoms with van der Waals surface area (Å²) in [7, 11) is 0. The molecule has 1 unspecified atom stereocenters. The molecule has 0 amide bonds. The van der Waals surface area contributed by atoms with Crippen LogP contribution in [0.1, 0.15) is 42.5 Å². The molecule has 0 bridgehead atoms. The van der Waals surface area contributed by atoms with Gasteiger partial charge in [0.25, 0.3) is 0 Å². The van der Waals surface area contributed by atoms with E-state index in [4.69, 9.17) is 9.15 Å². The van der Waals surface area contributed by atoms with Gasteiger partial charge in [0.2, 0.25) is 0 Å². The minimum absolute atomic E-state index is 0.109. The third-order valence-electron chi connectivity index (χ3n) is 3.39. The van der Waals surface area contributed by atoms with Gasteiger partial charge in [0.05, 0.1) is 12.6 Å². The Bertz CT molecular complexity index is 607. The van der Waals surface area contributed by atoms with E-state index >= 15 is 0 Å². The number of furan rings is 1. The molecule has 2 aromatic rings. The normalized spacial score (nSPS) is 12.4. The number of rotatable bonds is 6. The van der Waals surface area contributed by atoms with E-state index in [2.05, 4.69) is 40.3 Å². The molecular weight excluding hydrogens is 330 g/mol. The molecule has 0 aliphatic carbocycles. The van der Waals surface area contributed by atoms with E-state index in [1.165, 1.54) is 11.1 Å². The molecule has 114 valence electrons. The summed E-state index contributed by atoms with van der Waals surface area (Å²) in [5.74, 6) is 2.77. The summed E-state index contributed by atoms with van der Waals surface area (Å²) in [5, 5.41) is 3.53. The largest absolute Gasteiger partial charge is 0.494 e. The maximum absolute atomic E-state index is 5.69. The topological polar surface area (TPSA) is 34.4 Å². The van der Waals surface area contributed by atoms with E-state index in [9.17, 15) is 0 Å². The maximum atomic E-state index is 5.69. The molecular formula is C17H22BrNO2. The first-order chi connectivity index (χ1) is 10.1. The van der Waals surface area contributed by atoms with E-state index in [-0.39, 0.29) is 6.04 Å². The molecule has 3 nitrogen and oxygen atoms in total. The van der Waals surface area contributed by atoms with Crippen molar-refractivity contribution >= 4 is 15.9 Å². The van der Waals surface area contributed by atoms with Gasteiger partial charge in [0.1, 0.15) is 17.3 Å². The van der Waals surface area contributed by atoms with Gasteiger partial charge in [-0.1, -0.05) is 28.9 Å². The van der Waals surface area contributed by atoms with Crippen molar-refractivity contribution in [2.75, 3.05) is 13.2 Å². The number of hydrogen-bond donors (Lipinski definition) is 1. The van der Waals surface area contributed by atoms with Crippen molar-refractivity contribution in [3.63, 3.8) is 0 Å². The Morgan fingerprint density at radius 3 is 2.48 bits per heavy atom. The molecule has 1 aromatic heterocycles. The highest BCUT2D eigenvalue weighted by atomic mass is 79.9. The average Bonchev–Trinajstić information content (AvgIpc) is 2.76. The van der Waals surface area contributed by atoms with E-state index in [0.29, 0.717) is 6.61 Å². The van der Waals surface area contributed by atoms with Gasteiger partial charge in [-0.3, -0.25) is 0 Å². The molecule has 0 saturated heterocycles. The number of hydrogen-bond acceptors (Lipinski definition) is 3. The first-order valence-corrected chi connectivity index (χ1v) is 8.08. The smallest absolute Gasteiger partial charge is 0.120 e. The van der Waals surface area contributed by atoms with Crippen LogP contribution in [0, 0.1) is 13.8 Å². The van der Waals surface area contributed by atoms with Crippen LogP contribution in [0.5, 0.6) is 5.75 Å². The number of halogens is 1. The molecule has 1 atom stereocenters. The van der Waals surface area contributed by atoms with E-state index in [1.807, 2.05) is 32.9 Å². The number of benzene rings is 1. The summed E-state index contributed by atoms with van der Waals surface area (Å²) in [4.78, 5) is 0. The fourth-order valence-corrected chi connectivity index (χ4v) is 3.11. The second kappa shape index (κ2) is 7.14. The second-order valence-corrected chi connectivity index (χ2v) is 5.83. The molecule has 4 heteroatoms. The van der Waals surface area contributed by atoms with Gasteiger partial charge in [-0.25, -0.2) is 0 Å². The predicted molar refractivity (Wildman–Crippen MR) is 89.0 cm³/mol. The first-order valence-electron chi connectivity index (χ1n) is 7.29. The highest BCUT2D eigenvalue weighted by Crippen LogP contribution is 2.34. The molecule has 1 heterocycles. The Balaban J connectivity index is 2.41. The zero-order valence-corrected chi connectivity index (χ0v) is 14.6. The Kier molecular flexibility index (Phi) is 5.48. The molecule has 1 N–H and O–H groups in total. The number of aryl methyl sites for hydroxylation is 2. The van der Waals surface area contributed by atoms with Crippen LogP contribution in [0.3, 0.4) is 0 Å². The molecule has 2 rings (SSSR count). The van der Waals surface area contributed by atoms with Gasteiger partial charge in [-0.2, -0.15) is 0 Å². The number of nitrogens with one attached hydrogen (secondary N) is 1. The molecule has 21 heavy (non-hydrogen) atoms. The molecule has 0 radical (unpaired) electrons. The van der Waals surface area contributed by atoms with Gasteiger partial charge < -0.3 is 14.5 Å². The van der Waals surface area contributed by atoms with Gasteiger partial charge >= 0.3 is 0 Å². The maximum Gasteiger partial charge on any atom is 0.120 e. The Hall–Kier alpha value is -1.26. The van der Waals surface area contributed by atoms with Crippen LogP contribution < -0.4 is 10.1 Å². The fraction of sp³-hybridized carbons (Fsp3) is 0.412. The van der Waals surface area contributed by atoms with Gasteiger partial charge in [0, 0.05) is 10.0 Å². The highest BCUT2D eigenvalue weighted by molar-refractivity contribution is 9.10. The first kappa shape index (κ1) is 16.1. The van der Waals surface area contributed by atoms with Gasteiger partial charge in [-0.15, -0.1) is 0 Å². The van der Waals surface area contributed by atoms with Crippen molar-refractivity contribution < 1.29 is 9.15 Å². The van der Waals surface area contributed by atoms with E-state index in [0.717, 1.165) is 28.3 Å². The third kappa shape index (κ3) is 3.69. The van der Waals surface area contributed by atoms with Gasteiger partial charge in [0.15, 0.2) is 0 Å². The molecule has 0 aliphatic heterocycles. The van der Waals surface area contributed by atoms with Crippen molar-refractivity contribution in [2.24, 2.45) is 0 Å². The van der Waals surface area contributed by atoms with Crippen molar-refractivity contribution in [2.45, 2.75) is 33.7 Å². The van der Waals surface area contributed by atoms with Gasteiger partial charge in [-0.05, 0) is 51.1 Å². The van der Waals surface area contributed by atoms with Crippen molar-refractivity contribution in [3.8, 4) is 5.75 Å². The lowest BCUT2D eigenvalue weighted by Crippen LogP contribution is -2.22. The van der Waals surface area contributed by atoms with Crippen LogP contribution >= 0.6 is 15.9 Å². The van der Waals surface area contributed by atoms with Crippen LogP contribution in [0.4, 0.5) is 0 Å². The molecule has 0 aliphatic rings. The van der Waals surface area contributed by atoms with Crippen LogP contribution in [-0.2, 0) is 0 Å². The summed E-state index contributed by atoms with van der Waals surface area (Å²) in [6.07, 6.45) is 0. The molecule has 0 fully saturated rings. The lowest BCUT2D eigenvalue weighted by molar-refractivity contribution is 0.340. The van der Waals surface area contributed by atoms with E-state index < -0.39 is 0 Å². The summed E-state index contributed by atoms with van der Waals surface area (Å²) in [6, 6.07) is 8.34. The summed E-state index contributed by atoms with van der Waals surface area (Å²) >= 11 is 3.67. The summed E-state index contributed by atoms with van der Waals surface area (Å²) in [5.41, 5.74) is 2.36. The molecule has 1 aromatic carbocycles. The Morgan fingerprint density at radius 1 is 1.19 bits per heavy atom. The van der Waals surface area contributed by atoms with Crippen molar-refractivity contribution in [1.82, 2.24) is 5.32 Å². The highest BCUT2D eigenvalue weighted by Gasteiger charge is 2.20. The standard InChI is InChI=1S/C17H22BrNO2/c1-5-19-17(15-9-11(3)21-12(15)4)14-8-7-13(20-6-2)10-16(14)18/h7-10,17,19H,5-6H2,1-4H3. The zero-order valence-electron chi connectivity index (χ0n) is 13.0. The predicted octanol–water partition coefficient (Wildman–Crippen LogP) is 4.76. The van der Waals surface area contributed by atoms with Crippen LogP contribution in [0.25, 0.3) is 0 Å². The average molecular weight is 352 g/mol. The van der Waals surface area contributed by atoms with Crippen molar-refractivity contribution in [3.05, 3.63) is 51.4 Å². The molecule has 0 spiro atoms. The van der Waals surface area contributed by atoms with E-state index in [1.54, 1.807) is 0 Å². The fourth-order valence-electron chi connectivity index (χ4n) is 2.53. The third-order valence-corrected chi connectivity index (χ3v) is 4.08. The lowest BCUT2D eigenvalue weighted by atomic mass is 9.98. The van der Waals surface area contributed by atoms with Crippen LogP contribution in [0.15, 0.2) is 33.2 Å². The van der Waals surface area contributed by atoms with Crippen LogP contribution in [-0.4, -0.2) is 13.2 Å². The minimum atomic E-state index is 0.109. The zero-order chi connectivity index (χ0) is 15.4. The Morgan fingerprint density at radius 2 is 1.95 bits per heavy atom. The summed E-state index contributed by atoms with van der Waals surface area (Å²) < 4.78 is 12.3. The molecule has 0 saturated carbocycles. The van der Waals surface area contributed by atoms with Crippen LogP contribution in [0.2, 0.25) is 0 Å².